The van der Waals surface area contributed by atoms with Gasteiger partial charge in [-0.3, -0.25) is 18.7 Å². The molecule has 4 aromatic heterocycles. The molecule has 6 saturated carbocycles. The zero-order valence-corrected chi connectivity index (χ0v) is 37.7. The molecule has 6 heterocycles. The summed E-state index contributed by atoms with van der Waals surface area (Å²) < 4.78 is 60.2. The van der Waals surface area contributed by atoms with Crippen molar-refractivity contribution in [1.29, 1.82) is 0 Å². The number of nitrogens with one attached hydrogen (secondary N) is 2. The molecule has 0 aromatic carbocycles. The van der Waals surface area contributed by atoms with Crippen LogP contribution in [0, 0.1) is 16.2 Å². The first-order valence-corrected chi connectivity index (χ1v) is 26.9. The highest BCUT2D eigenvalue weighted by Crippen LogP contribution is 2.64. The lowest BCUT2D eigenvalue weighted by atomic mass is 9.60. The van der Waals surface area contributed by atoms with E-state index in [-0.39, 0.29) is 57.4 Å². The van der Waals surface area contributed by atoms with Gasteiger partial charge in [0.15, 0.2) is 0 Å². The van der Waals surface area contributed by atoms with Crippen LogP contribution in [0.3, 0.4) is 0 Å². The van der Waals surface area contributed by atoms with Gasteiger partial charge in [0.25, 0.3) is 11.1 Å². The average molecular weight is 899 g/mol. The second-order valence-electron chi connectivity index (χ2n) is 20.9. The monoisotopic (exact) mass is 898 g/mol. The predicted molar refractivity (Wildman–Crippen MR) is 240 cm³/mol. The third-order valence-electron chi connectivity index (χ3n) is 17.2. The highest BCUT2D eigenvalue weighted by atomic mass is 32.2. The number of hydrogen-bond acceptors (Lipinski definition) is 12. The van der Waals surface area contributed by atoms with Crippen LogP contribution in [-0.4, -0.2) is 104 Å². The summed E-state index contributed by atoms with van der Waals surface area (Å²) in [5.41, 5.74) is 2.33. The number of hydrogen-bond donors (Lipinski definition) is 2. The van der Waals surface area contributed by atoms with Crippen molar-refractivity contribution in [3.63, 3.8) is 0 Å². The van der Waals surface area contributed by atoms with Crippen LogP contribution in [0.4, 0.5) is 11.9 Å². The van der Waals surface area contributed by atoms with Crippen LogP contribution in [0.15, 0.2) is 40.1 Å². The summed E-state index contributed by atoms with van der Waals surface area (Å²) in [6.07, 6.45) is 19.1. The second-order valence-corrected chi connectivity index (χ2v) is 25.1. The Labute approximate surface area is 367 Å². The molecule has 16 nitrogen and oxygen atoms in total. The van der Waals surface area contributed by atoms with Crippen molar-refractivity contribution in [2.24, 2.45) is 16.2 Å². The van der Waals surface area contributed by atoms with E-state index < -0.39 is 25.3 Å². The number of piperidine rings is 2. The number of anilines is 2. The van der Waals surface area contributed by atoms with E-state index in [1.54, 1.807) is 39.1 Å². The minimum atomic E-state index is -3.67. The van der Waals surface area contributed by atoms with Crippen LogP contribution in [0.2, 0.25) is 0 Å². The van der Waals surface area contributed by atoms with Crippen molar-refractivity contribution in [2.45, 2.75) is 144 Å². The molecule has 8 aliphatic rings. The second kappa shape index (κ2) is 14.2. The summed E-state index contributed by atoms with van der Waals surface area (Å²) in [6.45, 7) is 1.82. The largest absolute Gasteiger partial charge is 0.351 e. The van der Waals surface area contributed by atoms with Gasteiger partial charge in [0, 0.05) is 85.4 Å². The zero-order chi connectivity index (χ0) is 43.1. The fourth-order valence-corrected chi connectivity index (χ4v) is 16.1. The molecule has 18 heteroatoms. The highest BCUT2D eigenvalue weighted by molar-refractivity contribution is 7.90. The number of aromatic nitrogens is 6. The third kappa shape index (κ3) is 6.85. The number of rotatable bonds is 10. The zero-order valence-electron chi connectivity index (χ0n) is 36.0. The minimum Gasteiger partial charge on any atom is -0.351 e. The van der Waals surface area contributed by atoms with Crippen molar-refractivity contribution in [2.75, 3.05) is 43.1 Å². The maximum Gasteiger partial charge on any atom is 0.252 e. The van der Waals surface area contributed by atoms with Crippen molar-refractivity contribution in [3.05, 3.63) is 56.9 Å². The van der Waals surface area contributed by atoms with Crippen molar-refractivity contribution < 1.29 is 16.8 Å². The van der Waals surface area contributed by atoms with Gasteiger partial charge in [-0.15, -0.1) is 0 Å². The number of pyridine rings is 2. The lowest BCUT2D eigenvalue weighted by molar-refractivity contribution is 0.0486. The van der Waals surface area contributed by atoms with Crippen LogP contribution >= 0.6 is 0 Å². The Balaban J connectivity index is 0.767. The molecule has 2 unspecified atom stereocenters. The molecule has 336 valence electrons. The maximum absolute atomic E-state index is 14.4. The van der Waals surface area contributed by atoms with Gasteiger partial charge in [0.1, 0.15) is 11.3 Å². The van der Waals surface area contributed by atoms with Gasteiger partial charge < -0.3 is 10.6 Å². The number of fused-ring (bicyclic) bond motifs is 2. The molecule has 4 aromatic rings. The lowest BCUT2D eigenvalue weighted by Crippen LogP contribution is -2.52. The average Bonchev–Trinajstić information content (AvgIpc) is 4.19. The normalized spacial score (nSPS) is 29.2. The summed E-state index contributed by atoms with van der Waals surface area (Å²) in [5.74, 6) is 0.574. The Morgan fingerprint density at radius 2 is 1.25 bits per heavy atom. The molecule has 3 spiro atoms. The molecule has 0 radical (unpaired) electrons. The molecule has 2 saturated heterocycles. The molecule has 4 atom stereocenters. The molecule has 0 bridgehead atoms. The first-order chi connectivity index (χ1) is 30.2. The van der Waals surface area contributed by atoms with Crippen molar-refractivity contribution in [3.8, 4) is 0 Å². The van der Waals surface area contributed by atoms with Crippen molar-refractivity contribution in [1.82, 2.24) is 37.7 Å². The Morgan fingerprint density at radius 3 is 1.89 bits per heavy atom. The van der Waals surface area contributed by atoms with Gasteiger partial charge in [-0.25, -0.2) is 35.4 Å². The molecule has 2 aliphatic heterocycles. The maximum atomic E-state index is 14.4. The van der Waals surface area contributed by atoms with Crippen LogP contribution < -0.4 is 21.8 Å². The van der Waals surface area contributed by atoms with E-state index in [9.17, 15) is 26.4 Å². The Bertz CT molecular complexity index is 2870. The van der Waals surface area contributed by atoms with E-state index in [0.717, 1.165) is 101 Å². The molecule has 63 heavy (non-hydrogen) atoms. The van der Waals surface area contributed by atoms with Gasteiger partial charge in [-0.2, -0.15) is 9.97 Å². The van der Waals surface area contributed by atoms with Crippen LogP contribution in [-0.2, 0) is 20.0 Å². The Hall–Kier alpha value is -4.00. The van der Waals surface area contributed by atoms with Crippen LogP contribution in [0.5, 0.6) is 0 Å². The van der Waals surface area contributed by atoms with Gasteiger partial charge in [0.05, 0.1) is 17.2 Å². The third-order valence-corrected chi connectivity index (χ3v) is 20.8. The molecule has 12 rings (SSSR count). The van der Waals surface area contributed by atoms with Crippen LogP contribution in [0.25, 0.3) is 22.1 Å². The quantitative estimate of drug-likeness (QED) is 0.209. The first kappa shape index (κ1) is 40.5. The summed E-state index contributed by atoms with van der Waals surface area (Å²) in [4.78, 5) is 46.7. The summed E-state index contributed by atoms with van der Waals surface area (Å²) in [5, 5.41) is 8.06. The van der Waals surface area contributed by atoms with Gasteiger partial charge in [-0.05, 0) is 125 Å². The summed E-state index contributed by atoms with van der Waals surface area (Å²) >= 11 is 0. The Kier molecular flexibility index (Phi) is 9.16. The topological polar surface area (TPSA) is 194 Å². The first-order valence-electron chi connectivity index (χ1n) is 23.5. The standard InChI is InChI=1S/C45H58N10O6S2/c1-62(58,59)52-22-18-43(19-23-52)25-30(26-43)48-42-49-38(31-7-9-37(57)55(40(31)51-42)35-5-3-13-45(35)16-17-45)32-24-33(32)63(60,61)53-20-10-29(11-21-53)47-41-46-27-28-6-8-36(56)54(39(28)50-41)34-4-2-12-44(34)14-15-44/h6-9,27,29-30,32-35H,2-5,10-26H2,1H3,(H,46,47,50)(H,48,49,51)/t32?,33?,34-,35-/m0/s1. The smallest absolute Gasteiger partial charge is 0.252 e. The fraction of sp³-hybridized carbons (Fsp3) is 0.689. The van der Waals surface area contributed by atoms with Gasteiger partial charge in [0.2, 0.25) is 31.9 Å². The summed E-state index contributed by atoms with van der Waals surface area (Å²) in [7, 11) is -6.88. The molecule has 2 N–H and O–H groups in total. The van der Waals surface area contributed by atoms with Crippen LogP contribution in [0.1, 0.15) is 133 Å². The van der Waals surface area contributed by atoms with E-state index in [1.807, 2.05) is 9.13 Å². The molecule has 0 amide bonds. The van der Waals surface area contributed by atoms with Crippen molar-refractivity contribution >= 4 is 54.0 Å². The lowest BCUT2D eigenvalue weighted by Gasteiger charge is -2.51. The molecular formula is C45H58N10O6S2. The summed E-state index contributed by atoms with van der Waals surface area (Å²) in [6, 6.07) is 7.18. The Morgan fingerprint density at radius 1 is 0.651 bits per heavy atom. The van der Waals surface area contributed by atoms with Gasteiger partial charge in [-0.1, -0.05) is 12.8 Å². The minimum absolute atomic E-state index is 0.0169. The van der Waals surface area contributed by atoms with E-state index >= 15 is 0 Å². The number of sulfonamides is 2. The highest BCUT2D eigenvalue weighted by Gasteiger charge is 2.56. The van der Waals surface area contributed by atoms with E-state index in [0.29, 0.717) is 74.3 Å². The predicted octanol–water partition coefficient (Wildman–Crippen LogP) is 5.29. The fourth-order valence-electron chi connectivity index (χ4n) is 13.1. The molecule has 6 aliphatic carbocycles. The van der Waals surface area contributed by atoms with Gasteiger partial charge >= 0.3 is 0 Å². The van der Waals surface area contributed by atoms with E-state index in [1.165, 1.54) is 6.26 Å². The molecule has 8 fully saturated rings. The SMILES string of the molecule is CS(=O)(=O)N1CCC2(CC1)CC(Nc1nc(C3CC3S(=O)(=O)N3CCC(Nc4ncc5ccc(=O)n([C@H]6CCCC67CC7)c5n4)CC3)c3ccc(=O)n([C@H]4CCCC45CC5)c3n1)C2. The van der Waals surface area contributed by atoms with E-state index in [2.05, 4.69) is 15.6 Å². The van der Waals surface area contributed by atoms with E-state index in [4.69, 9.17) is 15.0 Å². The molecular weight excluding hydrogens is 841 g/mol. The number of nitrogens with zero attached hydrogens (tertiary/aromatic N) is 8.